The van der Waals surface area contributed by atoms with Crippen molar-refractivity contribution in [3.05, 3.63) is 36.8 Å². The summed E-state index contributed by atoms with van der Waals surface area (Å²) >= 11 is 0. The summed E-state index contributed by atoms with van der Waals surface area (Å²) in [5.41, 5.74) is 1.84. The molecule has 1 unspecified atom stereocenters. The van der Waals surface area contributed by atoms with E-state index >= 15 is 0 Å². The van der Waals surface area contributed by atoms with Gasteiger partial charge in [0.2, 0.25) is 5.95 Å². The Morgan fingerprint density at radius 3 is 2.80 bits per heavy atom. The first kappa shape index (κ1) is 13.0. The fourth-order valence-corrected chi connectivity index (χ4v) is 2.43. The van der Waals surface area contributed by atoms with E-state index in [1.807, 2.05) is 30.6 Å². The van der Waals surface area contributed by atoms with Crippen molar-refractivity contribution in [2.45, 2.75) is 12.8 Å². The fraction of sp³-hybridized carbons (Fsp3) is 0.400. The van der Waals surface area contributed by atoms with E-state index in [4.69, 9.17) is 0 Å². The molecule has 104 valence electrons. The van der Waals surface area contributed by atoms with E-state index in [0.29, 0.717) is 5.95 Å². The van der Waals surface area contributed by atoms with Crippen molar-refractivity contribution in [3.8, 4) is 11.3 Å². The third-order valence-electron chi connectivity index (χ3n) is 3.61. The average molecular weight is 269 g/mol. The van der Waals surface area contributed by atoms with Crippen LogP contribution in [0.15, 0.2) is 36.8 Å². The largest absolute Gasteiger partial charge is 0.354 e. The summed E-state index contributed by atoms with van der Waals surface area (Å²) in [4.78, 5) is 13.0. The van der Waals surface area contributed by atoms with Crippen molar-refractivity contribution >= 4 is 5.95 Å². The first-order chi connectivity index (χ1) is 9.92. The summed E-state index contributed by atoms with van der Waals surface area (Å²) in [6.07, 6.45) is 7.85. The van der Waals surface area contributed by atoms with Gasteiger partial charge in [0, 0.05) is 30.7 Å². The van der Waals surface area contributed by atoms with Gasteiger partial charge < -0.3 is 10.6 Å². The molecule has 2 aromatic rings. The maximum Gasteiger partial charge on any atom is 0.222 e. The maximum absolute atomic E-state index is 4.34. The SMILES string of the molecule is c1ccc(-c2cnc(NCCC3CCNC3)nc2)nc1. The van der Waals surface area contributed by atoms with Gasteiger partial charge in [-0.25, -0.2) is 9.97 Å². The van der Waals surface area contributed by atoms with Crippen LogP contribution in [-0.4, -0.2) is 34.6 Å². The van der Waals surface area contributed by atoms with E-state index in [1.165, 1.54) is 12.8 Å². The molecular weight excluding hydrogens is 250 g/mol. The highest BCUT2D eigenvalue weighted by Gasteiger charge is 2.13. The summed E-state index contributed by atoms with van der Waals surface area (Å²) in [6.45, 7) is 3.22. The predicted octanol–water partition coefficient (Wildman–Crippen LogP) is 1.95. The van der Waals surface area contributed by atoms with Crippen molar-refractivity contribution in [3.63, 3.8) is 0 Å². The van der Waals surface area contributed by atoms with Crippen LogP contribution in [0.5, 0.6) is 0 Å². The lowest BCUT2D eigenvalue weighted by Gasteiger charge is -2.09. The van der Waals surface area contributed by atoms with Crippen LogP contribution in [0.1, 0.15) is 12.8 Å². The number of rotatable bonds is 5. The summed E-state index contributed by atoms with van der Waals surface area (Å²) in [7, 11) is 0. The van der Waals surface area contributed by atoms with Crippen LogP contribution < -0.4 is 10.6 Å². The normalized spacial score (nSPS) is 18.1. The molecule has 1 fully saturated rings. The minimum absolute atomic E-state index is 0.690. The van der Waals surface area contributed by atoms with Gasteiger partial charge in [0.15, 0.2) is 0 Å². The molecule has 0 spiro atoms. The van der Waals surface area contributed by atoms with Crippen LogP contribution >= 0.6 is 0 Å². The highest BCUT2D eigenvalue weighted by atomic mass is 15.1. The quantitative estimate of drug-likeness (QED) is 0.868. The minimum Gasteiger partial charge on any atom is -0.354 e. The fourth-order valence-electron chi connectivity index (χ4n) is 2.43. The summed E-state index contributed by atoms with van der Waals surface area (Å²) in [5.74, 6) is 1.48. The van der Waals surface area contributed by atoms with Crippen molar-refractivity contribution in [2.75, 3.05) is 25.0 Å². The topological polar surface area (TPSA) is 62.7 Å². The Balaban J connectivity index is 1.53. The van der Waals surface area contributed by atoms with Gasteiger partial charge in [-0.1, -0.05) is 6.07 Å². The first-order valence-corrected chi connectivity index (χ1v) is 7.10. The number of nitrogens with one attached hydrogen (secondary N) is 2. The lowest BCUT2D eigenvalue weighted by molar-refractivity contribution is 0.548. The molecule has 1 aliphatic rings. The summed E-state index contributed by atoms with van der Waals surface area (Å²) in [6, 6.07) is 5.82. The number of anilines is 1. The average Bonchev–Trinajstić information content (AvgIpc) is 3.02. The third-order valence-corrected chi connectivity index (χ3v) is 3.61. The summed E-state index contributed by atoms with van der Waals surface area (Å²) in [5, 5.41) is 6.66. The second kappa shape index (κ2) is 6.43. The van der Waals surface area contributed by atoms with Gasteiger partial charge in [-0.2, -0.15) is 0 Å². The van der Waals surface area contributed by atoms with Crippen LogP contribution in [0.2, 0.25) is 0 Å². The van der Waals surface area contributed by atoms with E-state index in [1.54, 1.807) is 6.20 Å². The van der Waals surface area contributed by atoms with Crippen molar-refractivity contribution < 1.29 is 0 Å². The molecule has 3 rings (SSSR count). The van der Waals surface area contributed by atoms with Crippen LogP contribution in [0.3, 0.4) is 0 Å². The van der Waals surface area contributed by atoms with Gasteiger partial charge in [-0.3, -0.25) is 4.98 Å². The Bertz CT molecular complexity index is 520. The second-order valence-electron chi connectivity index (χ2n) is 5.08. The Kier molecular flexibility index (Phi) is 4.18. The minimum atomic E-state index is 0.690. The standard InChI is InChI=1S/C15H19N5/c1-2-6-17-14(3-1)13-10-19-15(20-11-13)18-8-5-12-4-7-16-9-12/h1-3,6,10-12,16H,4-5,7-9H2,(H,18,19,20). The molecule has 0 amide bonds. The van der Waals surface area contributed by atoms with Crippen molar-refractivity contribution in [1.29, 1.82) is 0 Å². The molecule has 2 N–H and O–H groups in total. The van der Waals surface area contributed by atoms with E-state index in [0.717, 1.165) is 36.8 Å². The molecule has 0 aliphatic carbocycles. The Morgan fingerprint density at radius 1 is 1.20 bits per heavy atom. The molecule has 20 heavy (non-hydrogen) atoms. The molecular formula is C15H19N5. The second-order valence-corrected chi connectivity index (χ2v) is 5.08. The lowest BCUT2D eigenvalue weighted by Crippen LogP contribution is -2.13. The molecule has 0 radical (unpaired) electrons. The highest BCUT2D eigenvalue weighted by molar-refractivity contribution is 5.56. The Hall–Kier alpha value is -2.01. The molecule has 1 aliphatic heterocycles. The number of pyridine rings is 1. The van der Waals surface area contributed by atoms with Crippen LogP contribution in [-0.2, 0) is 0 Å². The van der Waals surface area contributed by atoms with Gasteiger partial charge in [-0.05, 0) is 44.0 Å². The molecule has 0 aromatic carbocycles. The van der Waals surface area contributed by atoms with Gasteiger partial charge >= 0.3 is 0 Å². The van der Waals surface area contributed by atoms with Gasteiger partial charge in [0.25, 0.3) is 0 Å². The smallest absolute Gasteiger partial charge is 0.222 e. The zero-order chi connectivity index (χ0) is 13.6. The third kappa shape index (κ3) is 3.30. The number of hydrogen-bond acceptors (Lipinski definition) is 5. The van der Waals surface area contributed by atoms with Gasteiger partial charge in [0.1, 0.15) is 0 Å². The van der Waals surface area contributed by atoms with E-state index < -0.39 is 0 Å². The molecule has 5 nitrogen and oxygen atoms in total. The number of hydrogen-bond donors (Lipinski definition) is 2. The van der Waals surface area contributed by atoms with Gasteiger partial charge in [-0.15, -0.1) is 0 Å². The molecule has 0 bridgehead atoms. The molecule has 2 aromatic heterocycles. The maximum atomic E-state index is 4.34. The summed E-state index contributed by atoms with van der Waals surface area (Å²) < 4.78 is 0. The van der Waals surface area contributed by atoms with E-state index in [-0.39, 0.29) is 0 Å². The van der Waals surface area contributed by atoms with E-state index in [2.05, 4.69) is 25.6 Å². The predicted molar refractivity (Wildman–Crippen MR) is 79.3 cm³/mol. The molecule has 0 saturated carbocycles. The lowest BCUT2D eigenvalue weighted by atomic mass is 10.1. The first-order valence-electron chi connectivity index (χ1n) is 7.10. The van der Waals surface area contributed by atoms with Crippen LogP contribution in [0.4, 0.5) is 5.95 Å². The Morgan fingerprint density at radius 2 is 2.10 bits per heavy atom. The number of nitrogens with zero attached hydrogens (tertiary/aromatic N) is 3. The van der Waals surface area contributed by atoms with E-state index in [9.17, 15) is 0 Å². The zero-order valence-electron chi connectivity index (χ0n) is 11.4. The number of aromatic nitrogens is 3. The molecule has 3 heterocycles. The zero-order valence-corrected chi connectivity index (χ0v) is 11.4. The monoisotopic (exact) mass is 269 g/mol. The van der Waals surface area contributed by atoms with Crippen LogP contribution in [0, 0.1) is 5.92 Å². The molecule has 1 saturated heterocycles. The molecule has 5 heteroatoms. The van der Waals surface area contributed by atoms with Crippen molar-refractivity contribution in [1.82, 2.24) is 20.3 Å². The highest BCUT2D eigenvalue weighted by Crippen LogP contribution is 2.15. The van der Waals surface area contributed by atoms with Crippen molar-refractivity contribution in [2.24, 2.45) is 5.92 Å². The van der Waals surface area contributed by atoms with Gasteiger partial charge in [0.05, 0.1) is 5.69 Å². The molecule has 1 atom stereocenters. The van der Waals surface area contributed by atoms with Crippen LogP contribution in [0.25, 0.3) is 11.3 Å². The Labute approximate surface area is 118 Å².